The summed E-state index contributed by atoms with van der Waals surface area (Å²) in [6.07, 6.45) is 10.5. The van der Waals surface area contributed by atoms with Crippen molar-refractivity contribution in [1.29, 1.82) is 0 Å². The first kappa shape index (κ1) is 47.4. The van der Waals surface area contributed by atoms with Crippen molar-refractivity contribution in [3.8, 4) is 23.3 Å². The molecular formula is C54H42Cu2N10O4. The zero-order valence-corrected chi connectivity index (χ0v) is 39.0. The first-order valence-corrected chi connectivity index (χ1v) is 22.1. The summed E-state index contributed by atoms with van der Waals surface area (Å²) in [5.41, 5.74) is 19.3. The van der Waals surface area contributed by atoms with E-state index in [1.54, 1.807) is 37.2 Å². The molecule has 16 heteroatoms. The smallest absolute Gasteiger partial charge is 0.213 e. The molecule has 0 atom stereocenters. The Kier molecular flexibility index (Phi) is 14.4. The molecular weight excluding hydrogens is 980 g/mol. The molecule has 0 aliphatic heterocycles. The second-order valence-corrected chi connectivity index (χ2v) is 16.3. The van der Waals surface area contributed by atoms with Gasteiger partial charge in [0.15, 0.2) is 0 Å². The second-order valence-electron chi connectivity index (χ2n) is 16.3. The van der Waals surface area contributed by atoms with Crippen LogP contribution in [0.2, 0.25) is 0 Å². The largest absolute Gasteiger partial charge is 0.490 e. The van der Waals surface area contributed by atoms with Gasteiger partial charge in [-0.15, -0.1) is 0 Å². The van der Waals surface area contributed by atoms with Crippen molar-refractivity contribution < 1.29 is 53.1 Å². The van der Waals surface area contributed by atoms with E-state index >= 15 is 0 Å². The number of aromatic nitrogens is 8. The summed E-state index contributed by atoms with van der Waals surface area (Å²) in [5.74, 6) is 2.32. The van der Waals surface area contributed by atoms with E-state index in [4.69, 9.17) is 30.4 Å². The van der Waals surface area contributed by atoms with Crippen LogP contribution in [0.4, 0.5) is 0 Å². The Bertz CT molecular complexity index is 3570. The summed E-state index contributed by atoms with van der Waals surface area (Å²) >= 11 is 0. The Morgan fingerprint density at radius 2 is 0.614 bits per heavy atom. The number of pyridine rings is 8. The fourth-order valence-electron chi connectivity index (χ4n) is 8.05. The Morgan fingerprint density at radius 3 is 0.986 bits per heavy atom. The van der Waals surface area contributed by atoms with E-state index in [0.717, 1.165) is 87.2 Å². The summed E-state index contributed by atoms with van der Waals surface area (Å²) in [6.45, 7) is 1.12. The molecule has 0 amide bonds. The number of nitrogens with zero attached hydrogens (tertiary/aromatic N) is 8. The van der Waals surface area contributed by atoms with Crippen molar-refractivity contribution in [2.24, 2.45) is 11.5 Å². The first-order valence-electron chi connectivity index (χ1n) is 22.1. The molecule has 0 saturated carbocycles. The van der Waals surface area contributed by atoms with Crippen LogP contribution in [0.25, 0.3) is 87.2 Å². The zero-order valence-electron chi connectivity index (χ0n) is 37.1. The summed E-state index contributed by atoms with van der Waals surface area (Å²) in [4.78, 5) is 36.3. The maximum Gasteiger partial charge on any atom is 0.213 e. The third kappa shape index (κ3) is 10.2. The minimum Gasteiger partial charge on any atom is -0.490 e. The third-order valence-electron chi connectivity index (χ3n) is 11.4. The minimum atomic E-state index is -0.355. The fraction of sp³-hybridized carbons (Fsp3) is 0.111. The predicted octanol–water partition coefficient (Wildman–Crippen LogP) is 9.32. The van der Waals surface area contributed by atoms with Gasteiger partial charge in [-0.2, -0.15) is 0 Å². The third-order valence-corrected chi connectivity index (χ3v) is 11.4. The molecule has 0 saturated heterocycles. The van der Waals surface area contributed by atoms with Crippen LogP contribution in [0.3, 0.4) is 0 Å². The van der Waals surface area contributed by atoms with E-state index in [0.29, 0.717) is 36.5 Å². The van der Waals surface area contributed by atoms with Gasteiger partial charge in [0.05, 0.1) is 57.6 Å². The van der Waals surface area contributed by atoms with Crippen LogP contribution in [0.15, 0.2) is 171 Å². The quantitative estimate of drug-likeness (QED) is 0.0869. The number of hydrogen-bond donors (Lipinski definition) is 2. The van der Waals surface area contributed by atoms with E-state index < -0.39 is 0 Å². The van der Waals surface area contributed by atoms with E-state index in [-0.39, 0.29) is 59.4 Å². The van der Waals surface area contributed by atoms with Crippen LogP contribution in [0.5, 0.6) is 23.3 Å². The number of fused-ring (bicyclic) bond motifs is 12. The Labute approximate surface area is 421 Å². The topological polar surface area (TPSA) is 192 Å². The molecule has 0 spiro atoms. The van der Waals surface area contributed by atoms with Crippen molar-refractivity contribution in [3.05, 3.63) is 171 Å². The molecule has 8 heterocycles. The molecule has 0 aliphatic carbocycles. The average molecular weight is 1020 g/mol. The molecule has 0 aliphatic rings. The number of benzene rings is 4. The molecule has 12 rings (SSSR count). The van der Waals surface area contributed by atoms with Crippen molar-refractivity contribution in [1.82, 2.24) is 39.9 Å². The van der Waals surface area contributed by atoms with Crippen molar-refractivity contribution in [3.63, 3.8) is 0 Å². The van der Waals surface area contributed by atoms with Crippen LogP contribution in [0, 0.1) is 0 Å². The molecule has 354 valence electrons. The van der Waals surface area contributed by atoms with Gasteiger partial charge in [-0.3, -0.25) is 29.9 Å². The molecule has 2 radical (unpaired) electrons. The average Bonchev–Trinajstić information content (AvgIpc) is 3.40. The molecule has 4 N–H and O–H groups in total. The zero-order chi connectivity index (χ0) is 45.8. The van der Waals surface area contributed by atoms with Crippen LogP contribution in [0.1, 0.15) is 0 Å². The molecule has 0 bridgehead atoms. The first-order chi connectivity index (χ1) is 33.5. The van der Waals surface area contributed by atoms with Crippen molar-refractivity contribution in [2.45, 2.75) is 12.1 Å². The van der Waals surface area contributed by atoms with Crippen molar-refractivity contribution in [2.75, 3.05) is 26.4 Å². The molecule has 14 nitrogen and oxygen atoms in total. The SMILES string of the molecule is NC(COc1ccc2ccc3cccnc3c2n1)COc1ccc2ccc3cccnc3c2n1.NC(COc1cnc2c(ccc3cccnc32)c1)COc1cnc2c(ccc3cccnc32)c1.[Cu].[Cu]. The Morgan fingerprint density at radius 1 is 0.329 bits per heavy atom. The van der Waals surface area contributed by atoms with E-state index in [1.807, 2.05) is 133 Å². The molecule has 12 aromatic rings. The van der Waals surface area contributed by atoms with Gasteiger partial charge >= 0.3 is 0 Å². The Hall–Kier alpha value is -7.68. The van der Waals surface area contributed by atoms with Crippen LogP contribution < -0.4 is 30.4 Å². The van der Waals surface area contributed by atoms with E-state index in [1.165, 1.54) is 0 Å². The summed E-state index contributed by atoms with van der Waals surface area (Å²) in [7, 11) is 0. The summed E-state index contributed by atoms with van der Waals surface area (Å²) in [5, 5.41) is 8.15. The standard InChI is InChI=1S/2C27H21N5O2.2Cu/c28-21(15-33-22-11-9-19-7-5-17-3-1-13-29-24(17)26(19)31-22)16-34-23-12-10-20-8-6-18-4-2-14-30-25(18)27(20)32-23;28-21(15-33-22-11-19-7-5-17-3-1-9-29-24(17)26(19)31-13-22)16-34-23-12-20-8-6-18-4-2-10-30-25(18)27(20)32-14-23;;/h2*1-14,21H,15-16,28H2;;. The van der Waals surface area contributed by atoms with E-state index in [2.05, 4.69) is 39.9 Å². The number of hydrogen-bond acceptors (Lipinski definition) is 14. The number of ether oxygens (including phenoxy) is 4. The van der Waals surface area contributed by atoms with Gasteiger partial charge in [-0.1, -0.05) is 72.8 Å². The van der Waals surface area contributed by atoms with Gasteiger partial charge in [0.25, 0.3) is 0 Å². The fourth-order valence-corrected chi connectivity index (χ4v) is 8.05. The van der Waals surface area contributed by atoms with Crippen molar-refractivity contribution >= 4 is 87.2 Å². The van der Waals surface area contributed by atoms with Crippen LogP contribution in [-0.4, -0.2) is 78.4 Å². The molecule has 70 heavy (non-hydrogen) atoms. The second kappa shape index (κ2) is 21.3. The molecule has 4 aromatic carbocycles. The van der Waals surface area contributed by atoms with Gasteiger partial charge in [-0.05, 0) is 48.5 Å². The minimum absolute atomic E-state index is 0. The maximum absolute atomic E-state index is 6.25. The van der Waals surface area contributed by atoms with Crippen LogP contribution in [-0.2, 0) is 34.1 Å². The van der Waals surface area contributed by atoms with Gasteiger partial charge in [-0.25, -0.2) is 9.97 Å². The van der Waals surface area contributed by atoms with Gasteiger partial charge in [0, 0.05) is 114 Å². The van der Waals surface area contributed by atoms with Gasteiger partial charge in [0.1, 0.15) is 49.0 Å². The summed E-state index contributed by atoms with van der Waals surface area (Å²) in [6, 6.07) is 42.9. The van der Waals surface area contributed by atoms with Gasteiger partial charge in [0.2, 0.25) is 11.8 Å². The molecule has 0 unspecified atom stereocenters. The number of rotatable bonds is 12. The van der Waals surface area contributed by atoms with E-state index in [9.17, 15) is 0 Å². The molecule has 0 fully saturated rings. The molecule has 8 aromatic heterocycles. The monoisotopic (exact) mass is 1020 g/mol. The van der Waals surface area contributed by atoms with Crippen LogP contribution >= 0.6 is 0 Å². The van der Waals surface area contributed by atoms with Gasteiger partial charge < -0.3 is 30.4 Å². The predicted molar refractivity (Wildman–Crippen MR) is 266 cm³/mol. The normalized spacial score (nSPS) is 11.3. The Balaban J connectivity index is 0.000000169. The summed E-state index contributed by atoms with van der Waals surface area (Å²) < 4.78 is 23.5. The maximum atomic E-state index is 6.25. The number of nitrogens with two attached hydrogens (primary N) is 2.